The van der Waals surface area contributed by atoms with Gasteiger partial charge in [-0.25, -0.2) is 0 Å². The Hall–Kier alpha value is -1.26. The van der Waals surface area contributed by atoms with Crippen LogP contribution < -0.4 is 10.2 Å². The molecule has 4 nitrogen and oxygen atoms in total. The molecule has 0 bridgehead atoms. The summed E-state index contributed by atoms with van der Waals surface area (Å²) in [7, 11) is 5.89. The van der Waals surface area contributed by atoms with Gasteiger partial charge in [0, 0.05) is 38.4 Å². The van der Waals surface area contributed by atoms with E-state index in [4.69, 9.17) is 0 Å². The third-order valence-corrected chi connectivity index (χ3v) is 3.79. The van der Waals surface area contributed by atoms with Crippen molar-refractivity contribution in [3.05, 3.63) is 29.8 Å². The highest BCUT2D eigenvalue weighted by molar-refractivity contribution is 5.95. The van der Waals surface area contributed by atoms with Crippen molar-refractivity contribution in [2.45, 2.75) is 18.9 Å². The first-order valence-electron chi connectivity index (χ1n) is 6.85. The van der Waals surface area contributed by atoms with Gasteiger partial charge < -0.3 is 15.1 Å². The average Bonchev–Trinajstić information content (AvgIpc) is 2.46. The van der Waals surface area contributed by atoms with Gasteiger partial charge in [0.1, 0.15) is 0 Å². The molecule has 0 saturated carbocycles. The van der Waals surface area contributed by atoms with Gasteiger partial charge in [-0.15, -0.1) is 12.4 Å². The number of anilines is 1. The van der Waals surface area contributed by atoms with E-state index in [9.17, 15) is 4.79 Å². The molecule has 0 unspecified atom stereocenters. The quantitative estimate of drug-likeness (QED) is 0.927. The van der Waals surface area contributed by atoms with E-state index >= 15 is 0 Å². The second-order valence-corrected chi connectivity index (χ2v) is 5.34. The Morgan fingerprint density at radius 2 is 1.85 bits per heavy atom. The van der Waals surface area contributed by atoms with Crippen LogP contribution in [0.15, 0.2) is 24.3 Å². The maximum Gasteiger partial charge on any atom is 0.253 e. The first-order chi connectivity index (χ1) is 9.09. The van der Waals surface area contributed by atoms with E-state index < -0.39 is 0 Å². The zero-order valence-corrected chi connectivity index (χ0v) is 13.2. The van der Waals surface area contributed by atoms with Crippen molar-refractivity contribution in [2.75, 3.05) is 39.1 Å². The molecule has 1 aliphatic rings. The van der Waals surface area contributed by atoms with Gasteiger partial charge in [-0.3, -0.25) is 4.79 Å². The van der Waals surface area contributed by atoms with E-state index in [0.717, 1.165) is 37.2 Å². The summed E-state index contributed by atoms with van der Waals surface area (Å²) in [5.41, 5.74) is 1.83. The van der Waals surface area contributed by atoms with Crippen LogP contribution in [0.2, 0.25) is 0 Å². The topological polar surface area (TPSA) is 35.6 Å². The van der Waals surface area contributed by atoms with Gasteiger partial charge in [-0.05, 0) is 44.1 Å². The van der Waals surface area contributed by atoms with Gasteiger partial charge in [0.25, 0.3) is 5.91 Å². The van der Waals surface area contributed by atoms with E-state index in [1.807, 2.05) is 55.2 Å². The molecule has 0 aromatic heterocycles. The van der Waals surface area contributed by atoms with Crippen molar-refractivity contribution in [3.8, 4) is 0 Å². The number of hydrogen-bond acceptors (Lipinski definition) is 3. The van der Waals surface area contributed by atoms with Crippen LogP contribution in [0.25, 0.3) is 0 Å². The zero-order chi connectivity index (χ0) is 13.8. The third kappa shape index (κ3) is 3.87. The summed E-state index contributed by atoms with van der Waals surface area (Å²) < 4.78 is 0. The van der Waals surface area contributed by atoms with Crippen LogP contribution in [-0.4, -0.2) is 51.1 Å². The largest absolute Gasteiger partial charge is 0.378 e. The average molecular weight is 298 g/mol. The standard InChI is InChI=1S/C15H23N3O.ClH/c1-17(2)14-6-4-5-12(11-14)15(19)18(3)13-7-9-16-10-8-13;/h4-6,11,13,16H,7-10H2,1-3H3;1H. The number of rotatable bonds is 3. The molecule has 0 radical (unpaired) electrons. The Kier molecular flexibility index (Phi) is 6.30. The number of nitrogens with zero attached hydrogens (tertiary/aromatic N) is 2. The van der Waals surface area contributed by atoms with E-state index in [-0.39, 0.29) is 18.3 Å². The van der Waals surface area contributed by atoms with Crippen molar-refractivity contribution in [3.63, 3.8) is 0 Å². The molecule has 1 aromatic rings. The molecule has 0 aliphatic carbocycles. The van der Waals surface area contributed by atoms with Crippen molar-refractivity contribution in [1.29, 1.82) is 0 Å². The number of hydrogen-bond donors (Lipinski definition) is 1. The normalized spacial score (nSPS) is 15.3. The van der Waals surface area contributed by atoms with E-state index in [1.165, 1.54) is 0 Å². The summed E-state index contributed by atoms with van der Waals surface area (Å²) in [4.78, 5) is 16.4. The van der Waals surface area contributed by atoms with Crippen molar-refractivity contribution < 1.29 is 4.79 Å². The van der Waals surface area contributed by atoms with Crippen molar-refractivity contribution in [1.82, 2.24) is 10.2 Å². The highest BCUT2D eigenvalue weighted by atomic mass is 35.5. The fourth-order valence-electron chi connectivity index (χ4n) is 2.48. The minimum atomic E-state index is 0. The number of carbonyl (C=O) groups excluding carboxylic acids is 1. The molecular formula is C15H24ClN3O. The molecule has 1 fully saturated rings. The summed E-state index contributed by atoms with van der Waals surface area (Å²) in [6.45, 7) is 2.00. The molecule has 1 amide bonds. The molecule has 112 valence electrons. The number of amides is 1. The van der Waals surface area contributed by atoms with Gasteiger partial charge in [0.15, 0.2) is 0 Å². The highest BCUT2D eigenvalue weighted by Crippen LogP contribution is 2.17. The molecule has 1 aliphatic heterocycles. The molecule has 20 heavy (non-hydrogen) atoms. The van der Waals surface area contributed by atoms with Crippen LogP contribution in [0.5, 0.6) is 0 Å². The van der Waals surface area contributed by atoms with Gasteiger partial charge in [-0.2, -0.15) is 0 Å². The molecule has 1 saturated heterocycles. The molecule has 1 N–H and O–H groups in total. The minimum absolute atomic E-state index is 0. The molecule has 5 heteroatoms. The van der Waals surface area contributed by atoms with E-state index in [0.29, 0.717) is 6.04 Å². The summed E-state index contributed by atoms with van der Waals surface area (Å²) in [5.74, 6) is 0.121. The maximum atomic E-state index is 12.5. The monoisotopic (exact) mass is 297 g/mol. The van der Waals surface area contributed by atoms with Gasteiger partial charge >= 0.3 is 0 Å². The Morgan fingerprint density at radius 3 is 2.45 bits per heavy atom. The van der Waals surface area contributed by atoms with E-state index in [2.05, 4.69) is 5.32 Å². The van der Waals surface area contributed by atoms with E-state index in [1.54, 1.807) is 0 Å². The SMILES string of the molecule is CN(C)c1cccc(C(=O)N(C)C2CCNCC2)c1.Cl. The molecule has 1 aromatic carbocycles. The molecule has 0 spiro atoms. The smallest absolute Gasteiger partial charge is 0.253 e. The predicted molar refractivity (Wildman–Crippen MR) is 86.0 cm³/mol. The third-order valence-electron chi connectivity index (χ3n) is 3.79. The second-order valence-electron chi connectivity index (χ2n) is 5.34. The van der Waals surface area contributed by atoms with Crippen molar-refractivity contribution >= 4 is 24.0 Å². The fraction of sp³-hybridized carbons (Fsp3) is 0.533. The first-order valence-corrected chi connectivity index (χ1v) is 6.85. The lowest BCUT2D eigenvalue weighted by molar-refractivity contribution is 0.0703. The Balaban J connectivity index is 0.00000200. The first kappa shape index (κ1) is 16.8. The number of benzene rings is 1. The van der Waals surface area contributed by atoms with Crippen LogP contribution in [-0.2, 0) is 0 Å². The second kappa shape index (κ2) is 7.50. The van der Waals surface area contributed by atoms with Crippen molar-refractivity contribution in [2.24, 2.45) is 0 Å². The fourth-order valence-corrected chi connectivity index (χ4v) is 2.48. The summed E-state index contributed by atoms with van der Waals surface area (Å²) in [5, 5.41) is 3.33. The van der Waals surface area contributed by atoms with Crippen LogP contribution in [0.4, 0.5) is 5.69 Å². The maximum absolute atomic E-state index is 12.5. The lowest BCUT2D eigenvalue weighted by Gasteiger charge is -2.31. The molecule has 0 atom stereocenters. The molecule has 1 heterocycles. The lowest BCUT2D eigenvalue weighted by atomic mass is 10.0. The number of nitrogens with one attached hydrogen (secondary N) is 1. The lowest BCUT2D eigenvalue weighted by Crippen LogP contribution is -2.43. The minimum Gasteiger partial charge on any atom is -0.378 e. The van der Waals surface area contributed by atoms with Crippen LogP contribution in [0.1, 0.15) is 23.2 Å². The Labute approximate surface area is 127 Å². The zero-order valence-electron chi connectivity index (χ0n) is 12.4. The predicted octanol–water partition coefficient (Wildman–Crippen LogP) is 2.00. The number of halogens is 1. The summed E-state index contributed by atoms with van der Waals surface area (Å²) in [6.07, 6.45) is 2.07. The van der Waals surface area contributed by atoms with Crippen LogP contribution in [0, 0.1) is 0 Å². The molecular weight excluding hydrogens is 274 g/mol. The number of piperidine rings is 1. The highest BCUT2D eigenvalue weighted by Gasteiger charge is 2.22. The molecule has 2 rings (SSSR count). The Bertz CT molecular complexity index is 444. The number of carbonyl (C=O) groups is 1. The van der Waals surface area contributed by atoms with Gasteiger partial charge in [-0.1, -0.05) is 6.07 Å². The summed E-state index contributed by atoms with van der Waals surface area (Å²) in [6, 6.07) is 8.17. The van der Waals surface area contributed by atoms with Gasteiger partial charge in [0.2, 0.25) is 0 Å². The van der Waals surface area contributed by atoms with Crippen LogP contribution in [0.3, 0.4) is 0 Å². The Morgan fingerprint density at radius 1 is 1.20 bits per heavy atom. The van der Waals surface area contributed by atoms with Crippen LogP contribution >= 0.6 is 12.4 Å². The van der Waals surface area contributed by atoms with Gasteiger partial charge in [0.05, 0.1) is 0 Å². The summed E-state index contributed by atoms with van der Waals surface area (Å²) >= 11 is 0.